The van der Waals surface area contributed by atoms with Crippen molar-refractivity contribution in [1.29, 1.82) is 0 Å². The van der Waals surface area contributed by atoms with Gasteiger partial charge in [0.1, 0.15) is 5.75 Å². The highest BCUT2D eigenvalue weighted by Crippen LogP contribution is 2.20. The van der Waals surface area contributed by atoms with E-state index in [2.05, 4.69) is 5.43 Å². The highest BCUT2D eigenvalue weighted by molar-refractivity contribution is 8.14. The van der Waals surface area contributed by atoms with Crippen molar-refractivity contribution in [2.24, 2.45) is 0 Å². The third-order valence-corrected chi connectivity index (χ3v) is 5.95. The Hall–Kier alpha value is -2.36. The second-order valence-electron chi connectivity index (χ2n) is 5.49. The predicted molar refractivity (Wildman–Crippen MR) is 103 cm³/mol. The third kappa shape index (κ3) is 6.09. The molecule has 2 aromatic carbocycles. The highest BCUT2D eigenvalue weighted by atomic mass is 32.2. The Morgan fingerprint density at radius 3 is 2.26 bits per heavy atom. The van der Waals surface area contributed by atoms with Crippen LogP contribution in [0.5, 0.6) is 5.75 Å². The summed E-state index contributed by atoms with van der Waals surface area (Å²) in [6.07, 6.45) is 0. The van der Waals surface area contributed by atoms with Crippen LogP contribution < -0.4 is 10.2 Å². The van der Waals surface area contributed by atoms with Crippen molar-refractivity contribution in [3.63, 3.8) is 0 Å². The number of rotatable bonds is 8. The molecule has 0 aromatic heterocycles. The standard InChI is InChI=1S/C18H20N2O5S2/c1-14(21)26-13-18(22)19-20(12-15-6-4-3-5-7-15)27(23,24)17-10-8-16(25-2)9-11-17/h3-11H,12-13H2,1-2H3,(H,19,22). The predicted octanol–water partition coefficient (Wildman–Crippen LogP) is 2.20. The van der Waals surface area contributed by atoms with E-state index in [1.165, 1.54) is 38.3 Å². The molecule has 0 spiro atoms. The average molecular weight is 409 g/mol. The summed E-state index contributed by atoms with van der Waals surface area (Å²) in [7, 11) is -2.52. The highest BCUT2D eigenvalue weighted by Gasteiger charge is 2.26. The summed E-state index contributed by atoms with van der Waals surface area (Å²) < 4.78 is 31.9. The summed E-state index contributed by atoms with van der Waals surface area (Å²) in [5.41, 5.74) is 3.09. The number of methoxy groups -OCH3 is 1. The monoisotopic (exact) mass is 408 g/mol. The lowest BCUT2D eigenvalue weighted by Gasteiger charge is -2.23. The minimum absolute atomic E-state index is 0.0127. The Kier molecular flexibility index (Phi) is 7.40. The van der Waals surface area contributed by atoms with Gasteiger partial charge in [0.15, 0.2) is 5.12 Å². The first-order chi connectivity index (χ1) is 12.8. The fraction of sp³-hybridized carbons (Fsp3) is 0.222. The summed E-state index contributed by atoms with van der Waals surface area (Å²) in [5.74, 6) is -0.229. The molecule has 1 N–H and O–H groups in total. The number of hydrogen-bond acceptors (Lipinski definition) is 6. The SMILES string of the molecule is COc1ccc(S(=O)(=O)N(Cc2ccccc2)NC(=O)CSC(C)=O)cc1. The number of benzene rings is 2. The van der Waals surface area contributed by atoms with Crippen LogP contribution in [0.1, 0.15) is 12.5 Å². The smallest absolute Gasteiger partial charge is 0.260 e. The maximum atomic E-state index is 13.0. The van der Waals surface area contributed by atoms with Gasteiger partial charge in [0.25, 0.3) is 10.0 Å². The number of carbonyl (C=O) groups is 2. The number of amides is 1. The van der Waals surface area contributed by atoms with Gasteiger partial charge in [0, 0.05) is 6.92 Å². The van der Waals surface area contributed by atoms with Crippen molar-refractivity contribution in [3.8, 4) is 5.75 Å². The van der Waals surface area contributed by atoms with Gasteiger partial charge >= 0.3 is 0 Å². The molecule has 0 saturated heterocycles. The van der Waals surface area contributed by atoms with E-state index in [4.69, 9.17) is 4.74 Å². The van der Waals surface area contributed by atoms with Crippen molar-refractivity contribution in [3.05, 3.63) is 60.2 Å². The molecular formula is C18H20N2O5S2. The first kappa shape index (κ1) is 20.9. The molecule has 144 valence electrons. The summed E-state index contributed by atoms with van der Waals surface area (Å²) >= 11 is 0.810. The Morgan fingerprint density at radius 2 is 1.70 bits per heavy atom. The first-order valence-corrected chi connectivity index (χ1v) is 10.4. The van der Waals surface area contributed by atoms with Gasteiger partial charge in [-0.2, -0.15) is 0 Å². The number of nitrogens with zero attached hydrogens (tertiary/aromatic N) is 1. The summed E-state index contributed by atoms with van der Waals surface area (Å²) in [4.78, 5) is 23.2. The van der Waals surface area contributed by atoms with E-state index in [1.54, 1.807) is 24.3 Å². The zero-order valence-corrected chi connectivity index (χ0v) is 16.5. The zero-order valence-electron chi connectivity index (χ0n) is 14.9. The second kappa shape index (κ2) is 9.54. The summed E-state index contributed by atoms with van der Waals surface area (Å²) in [5, 5.41) is -0.224. The van der Waals surface area contributed by atoms with Crippen LogP contribution in [0.4, 0.5) is 0 Å². The number of carbonyl (C=O) groups excluding carboxylic acids is 2. The molecule has 0 radical (unpaired) electrons. The maximum Gasteiger partial charge on any atom is 0.260 e. The second-order valence-corrected chi connectivity index (χ2v) is 8.50. The van der Waals surface area contributed by atoms with Gasteiger partial charge in [-0.25, -0.2) is 8.42 Å². The Balaban J connectivity index is 2.28. The lowest BCUT2D eigenvalue weighted by molar-refractivity contribution is -0.121. The van der Waals surface area contributed by atoms with Crippen molar-refractivity contribution in [2.75, 3.05) is 12.9 Å². The van der Waals surface area contributed by atoms with Gasteiger partial charge in [-0.15, -0.1) is 4.41 Å². The molecule has 0 atom stereocenters. The fourth-order valence-electron chi connectivity index (χ4n) is 2.15. The minimum Gasteiger partial charge on any atom is -0.497 e. The maximum absolute atomic E-state index is 13.0. The van der Waals surface area contributed by atoms with E-state index in [0.29, 0.717) is 11.3 Å². The molecule has 0 aliphatic carbocycles. The van der Waals surface area contributed by atoms with Gasteiger partial charge in [-0.05, 0) is 29.8 Å². The number of hydrazine groups is 1. The molecule has 9 heteroatoms. The Morgan fingerprint density at radius 1 is 1.07 bits per heavy atom. The molecule has 27 heavy (non-hydrogen) atoms. The van der Waals surface area contributed by atoms with Crippen molar-refractivity contribution in [1.82, 2.24) is 9.84 Å². The Bertz CT molecular complexity index is 884. The van der Waals surface area contributed by atoms with Gasteiger partial charge in [0.05, 0.1) is 24.3 Å². The summed E-state index contributed by atoms with van der Waals surface area (Å²) in [6, 6.07) is 14.8. The molecule has 2 rings (SSSR count). The summed E-state index contributed by atoms with van der Waals surface area (Å²) in [6.45, 7) is 1.29. The quantitative estimate of drug-likeness (QED) is 0.673. The van der Waals surface area contributed by atoms with Crippen LogP contribution in [-0.2, 0) is 26.2 Å². The normalized spacial score (nSPS) is 11.2. The molecular weight excluding hydrogens is 388 g/mol. The zero-order chi connectivity index (χ0) is 19.9. The number of sulfonamides is 1. The van der Waals surface area contributed by atoms with E-state index in [9.17, 15) is 18.0 Å². The topological polar surface area (TPSA) is 92.8 Å². The molecule has 0 aliphatic heterocycles. The lowest BCUT2D eigenvalue weighted by atomic mass is 10.2. The van der Waals surface area contributed by atoms with Gasteiger partial charge in [0.2, 0.25) is 5.91 Å². The first-order valence-electron chi connectivity index (χ1n) is 7.96. The van der Waals surface area contributed by atoms with E-state index < -0.39 is 15.9 Å². The van der Waals surface area contributed by atoms with Crippen LogP contribution in [0.2, 0.25) is 0 Å². The molecule has 7 nitrogen and oxygen atoms in total. The van der Waals surface area contributed by atoms with E-state index in [0.717, 1.165) is 16.2 Å². The molecule has 2 aromatic rings. The van der Waals surface area contributed by atoms with E-state index in [-0.39, 0.29) is 22.3 Å². The number of thioether (sulfide) groups is 1. The average Bonchev–Trinajstić information content (AvgIpc) is 2.66. The van der Waals surface area contributed by atoms with Crippen LogP contribution in [0.15, 0.2) is 59.5 Å². The number of hydrogen-bond donors (Lipinski definition) is 1. The van der Waals surface area contributed by atoms with Crippen LogP contribution in [-0.4, -0.2) is 36.7 Å². The Labute approximate surface area is 162 Å². The van der Waals surface area contributed by atoms with E-state index in [1.807, 2.05) is 6.07 Å². The molecule has 0 bridgehead atoms. The van der Waals surface area contributed by atoms with Crippen LogP contribution in [0, 0.1) is 0 Å². The molecule has 1 amide bonds. The number of ether oxygens (including phenoxy) is 1. The lowest BCUT2D eigenvalue weighted by Crippen LogP contribution is -2.46. The van der Waals surface area contributed by atoms with Gasteiger partial charge in [-0.3, -0.25) is 15.0 Å². The molecule has 0 aliphatic rings. The van der Waals surface area contributed by atoms with E-state index >= 15 is 0 Å². The van der Waals surface area contributed by atoms with Crippen LogP contribution in [0.3, 0.4) is 0 Å². The van der Waals surface area contributed by atoms with Crippen LogP contribution in [0.25, 0.3) is 0 Å². The van der Waals surface area contributed by atoms with Crippen LogP contribution >= 0.6 is 11.8 Å². The number of nitrogens with one attached hydrogen (secondary N) is 1. The molecule has 0 unspecified atom stereocenters. The molecule has 0 saturated carbocycles. The van der Waals surface area contributed by atoms with Crippen molar-refractivity contribution < 1.29 is 22.7 Å². The van der Waals surface area contributed by atoms with Gasteiger partial charge in [-0.1, -0.05) is 42.1 Å². The van der Waals surface area contributed by atoms with Crippen molar-refractivity contribution in [2.45, 2.75) is 18.4 Å². The molecule has 0 fully saturated rings. The third-order valence-electron chi connectivity index (χ3n) is 3.47. The van der Waals surface area contributed by atoms with Crippen molar-refractivity contribution >= 4 is 32.8 Å². The fourth-order valence-corrected chi connectivity index (χ4v) is 3.82. The molecule has 0 heterocycles. The largest absolute Gasteiger partial charge is 0.497 e. The van der Waals surface area contributed by atoms with Gasteiger partial charge < -0.3 is 4.74 Å². The minimum atomic E-state index is -4.01.